The second-order valence-corrected chi connectivity index (χ2v) is 7.46. The minimum Gasteiger partial charge on any atom is -0.447 e. The molecule has 1 aliphatic rings. The number of ether oxygens (including phenoxy) is 1. The van der Waals surface area contributed by atoms with Gasteiger partial charge in [0.1, 0.15) is 18.1 Å². The van der Waals surface area contributed by atoms with Crippen LogP contribution in [0.3, 0.4) is 0 Å². The summed E-state index contributed by atoms with van der Waals surface area (Å²) in [7, 11) is 0. The van der Waals surface area contributed by atoms with Crippen molar-refractivity contribution in [2.24, 2.45) is 0 Å². The Hall–Kier alpha value is -3.27. The number of nitrogens with one attached hydrogen (secondary N) is 2. The number of pyridine rings is 2. The summed E-state index contributed by atoms with van der Waals surface area (Å²) >= 11 is 6.01. The van der Waals surface area contributed by atoms with Gasteiger partial charge in [0.05, 0.1) is 17.1 Å². The molecule has 30 heavy (non-hydrogen) atoms. The molecule has 0 spiro atoms. The van der Waals surface area contributed by atoms with E-state index in [1.165, 1.54) is 11.1 Å². The van der Waals surface area contributed by atoms with Crippen LogP contribution in [0, 0.1) is 6.92 Å². The predicted octanol–water partition coefficient (Wildman–Crippen LogP) is 2.98. The van der Waals surface area contributed by atoms with Crippen molar-refractivity contribution in [3.63, 3.8) is 0 Å². The van der Waals surface area contributed by atoms with Gasteiger partial charge < -0.3 is 15.0 Å². The fourth-order valence-corrected chi connectivity index (χ4v) is 3.49. The lowest BCUT2D eigenvalue weighted by Crippen LogP contribution is -2.35. The van der Waals surface area contributed by atoms with Crippen molar-refractivity contribution in [1.29, 1.82) is 0 Å². The van der Waals surface area contributed by atoms with Crippen LogP contribution in [0.5, 0.6) is 0 Å². The maximum atomic E-state index is 12.5. The van der Waals surface area contributed by atoms with Gasteiger partial charge in [-0.25, -0.2) is 14.7 Å². The van der Waals surface area contributed by atoms with Crippen molar-refractivity contribution in [2.45, 2.75) is 39.3 Å². The molecule has 11 heteroatoms. The molecule has 0 radical (unpaired) electrons. The standard InChI is InChI=1S/C19H20ClN7O3/c1-4-13-8-30-19(29)27(13)18-24-10(3)23-17(26-18)22-9(2)14-6-11-5-12(20)7-21-15(11)25-16(14)28/h5-7,9,13H,4,8H2,1-3H3,(H,21,25,28)(H,22,23,24,26)/t9-,13?/m0/s1. The summed E-state index contributed by atoms with van der Waals surface area (Å²) in [5, 5.41) is 4.30. The Morgan fingerprint density at radius 2 is 2.13 bits per heavy atom. The molecule has 2 N–H and O–H groups in total. The quantitative estimate of drug-likeness (QED) is 0.633. The van der Waals surface area contributed by atoms with Crippen molar-refractivity contribution in [3.8, 4) is 0 Å². The highest BCUT2D eigenvalue weighted by Crippen LogP contribution is 2.24. The molecule has 4 rings (SSSR count). The first-order chi connectivity index (χ1) is 14.4. The van der Waals surface area contributed by atoms with Crippen LogP contribution in [-0.4, -0.2) is 43.7 Å². The average Bonchev–Trinajstić information content (AvgIpc) is 3.07. The van der Waals surface area contributed by atoms with Gasteiger partial charge in [-0.2, -0.15) is 15.0 Å². The van der Waals surface area contributed by atoms with Crippen LogP contribution in [0.25, 0.3) is 11.0 Å². The van der Waals surface area contributed by atoms with Gasteiger partial charge in [0.2, 0.25) is 11.9 Å². The van der Waals surface area contributed by atoms with Gasteiger partial charge >= 0.3 is 6.09 Å². The number of rotatable bonds is 5. The third-order valence-electron chi connectivity index (χ3n) is 4.88. The molecule has 3 aromatic rings. The van der Waals surface area contributed by atoms with Gasteiger partial charge in [-0.15, -0.1) is 0 Å². The van der Waals surface area contributed by atoms with Crippen LogP contribution in [-0.2, 0) is 4.74 Å². The van der Waals surface area contributed by atoms with Crippen molar-refractivity contribution in [2.75, 3.05) is 16.8 Å². The SMILES string of the molecule is CCC1COC(=O)N1c1nc(C)nc(N[C@@H](C)c2cc3cc(Cl)cnc3[nH]c2=O)n1. The largest absolute Gasteiger partial charge is 0.447 e. The summed E-state index contributed by atoms with van der Waals surface area (Å²) in [6.45, 7) is 5.77. The monoisotopic (exact) mass is 429 g/mol. The molecule has 10 nitrogen and oxygen atoms in total. The molecule has 1 amide bonds. The van der Waals surface area contributed by atoms with E-state index in [1.807, 2.05) is 13.8 Å². The molecular weight excluding hydrogens is 410 g/mol. The van der Waals surface area contributed by atoms with Crippen LogP contribution in [0.2, 0.25) is 5.02 Å². The zero-order valence-electron chi connectivity index (χ0n) is 16.6. The number of hydrogen-bond donors (Lipinski definition) is 2. The highest BCUT2D eigenvalue weighted by Gasteiger charge is 2.35. The lowest BCUT2D eigenvalue weighted by molar-refractivity contribution is 0.178. The smallest absolute Gasteiger partial charge is 0.417 e. The third kappa shape index (κ3) is 3.78. The molecule has 1 fully saturated rings. The molecule has 0 saturated carbocycles. The highest BCUT2D eigenvalue weighted by molar-refractivity contribution is 6.31. The van der Waals surface area contributed by atoms with Crippen molar-refractivity contribution in [3.05, 3.63) is 45.1 Å². The predicted molar refractivity (Wildman–Crippen MR) is 112 cm³/mol. The summed E-state index contributed by atoms with van der Waals surface area (Å²) < 4.78 is 5.12. The second kappa shape index (κ2) is 7.86. The van der Waals surface area contributed by atoms with E-state index in [0.29, 0.717) is 40.5 Å². The maximum Gasteiger partial charge on any atom is 0.417 e. The summed E-state index contributed by atoms with van der Waals surface area (Å²) in [5.41, 5.74) is 0.646. The van der Waals surface area contributed by atoms with E-state index in [0.717, 1.165) is 0 Å². The fourth-order valence-electron chi connectivity index (χ4n) is 3.32. The van der Waals surface area contributed by atoms with Gasteiger partial charge in [0, 0.05) is 17.1 Å². The highest BCUT2D eigenvalue weighted by atomic mass is 35.5. The van der Waals surface area contributed by atoms with Gasteiger partial charge in [-0.05, 0) is 32.4 Å². The molecule has 1 aliphatic heterocycles. The minimum absolute atomic E-state index is 0.134. The molecule has 0 aromatic carbocycles. The molecule has 2 atom stereocenters. The van der Waals surface area contributed by atoms with E-state index in [-0.39, 0.29) is 23.5 Å². The third-order valence-corrected chi connectivity index (χ3v) is 5.09. The number of aryl methyl sites for hydroxylation is 1. The summed E-state index contributed by atoms with van der Waals surface area (Å²) in [6.07, 6.45) is 1.70. The Morgan fingerprint density at radius 3 is 2.90 bits per heavy atom. The Bertz CT molecular complexity index is 1180. The molecular formula is C19H20ClN7O3. The van der Waals surface area contributed by atoms with Gasteiger partial charge in [0.25, 0.3) is 5.56 Å². The van der Waals surface area contributed by atoms with E-state index >= 15 is 0 Å². The summed E-state index contributed by atoms with van der Waals surface area (Å²) in [5.74, 6) is 0.908. The van der Waals surface area contributed by atoms with Crippen molar-refractivity contribution >= 4 is 40.6 Å². The number of nitrogens with zero attached hydrogens (tertiary/aromatic N) is 5. The van der Waals surface area contributed by atoms with Crippen molar-refractivity contribution in [1.82, 2.24) is 24.9 Å². The van der Waals surface area contributed by atoms with Crippen LogP contribution in [0.4, 0.5) is 16.7 Å². The zero-order chi connectivity index (χ0) is 21.4. The lowest BCUT2D eigenvalue weighted by Gasteiger charge is -2.20. The Kier molecular flexibility index (Phi) is 5.25. The van der Waals surface area contributed by atoms with Crippen LogP contribution in [0.15, 0.2) is 23.1 Å². The molecule has 3 aromatic heterocycles. The van der Waals surface area contributed by atoms with E-state index in [2.05, 4.69) is 30.2 Å². The first-order valence-electron chi connectivity index (χ1n) is 9.49. The van der Waals surface area contributed by atoms with Gasteiger partial charge in [-0.1, -0.05) is 18.5 Å². The lowest BCUT2D eigenvalue weighted by atomic mass is 10.1. The molecule has 4 heterocycles. The number of anilines is 2. The van der Waals surface area contributed by atoms with Crippen LogP contribution < -0.4 is 15.8 Å². The number of aromatic nitrogens is 5. The van der Waals surface area contributed by atoms with E-state index < -0.39 is 12.1 Å². The number of cyclic esters (lactones) is 1. The zero-order valence-corrected chi connectivity index (χ0v) is 17.4. The van der Waals surface area contributed by atoms with E-state index in [9.17, 15) is 9.59 Å². The molecule has 1 unspecified atom stereocenters. The normalized spacial score (nSPS) is 17.3. The molecule has 0 aliphatic carbocycles. The Morgan fingerprint density at radius 1 is 1.33 bits per heavy atom. The molecule has 156 valence electrons. The fraction of sp³-hybridized carbons (Fsp3) is 0.368. The topological polar surface area (TPSA) is 126 Å². The number of carbonyl (C=O) groups excluding carboxylic acids is 1. The Balaban J connectivity index is 1.65. The van der Waals surface area contributed by atoms with E-state index in [4.69, 9.17) is 16.3 Å². The van der Waals surface area contributed by atoms with Crippen LogP contribution >= 0.6 is 11.6 Å². The number of carbonyl (C=O) groups is 1. The number of amides is 1. The van der Waals surface area contributed by atoms with E-state index in [1.54, 1.807) is 19.1 Å². The summed E-state index contributed by atoms with van der Waals surface area (Å²) in [6, 6.07) is 2.89. The first kappa shape index (κ1) is 20.0. The number of aromatic amines is 1. The second-order valence-electron chi connectivity index (χ2n) is 7.03. The number of hydrogen-bond acceptors (Lipinski definition) is 8. The summed E-state index contributed by atoms with van der Waals surface area (Å²) in [4.78, 5) is 45.9. The number of halogens is 1. The number of H-pyrrole nitrogens is 1. The average molecular weight is 430 g/mol. The Labute approximate surface area is 176 Å². The minimum atomic E-state index is -0.484. The van der Waals surface area contributed by atoms with Crippen molar-refractivity contribution < 1.29 is 9.53 Å². The molecule has 0 bridgehead atoms. The molecule has 1 saturated heterocycles. The number of fused-ring (bicyclic) bond motifs is 1. The van der Waals surface area contributed by atoms with Crippen LogP contribution in [0.1, 0.15) is 37.7 Å². The first-order valence-corrected chi connectivity index (χ1v) is 9.87. The van der Waals surface area contributed by atoms with Gasteiger partial charge in [0.15, 0.2) is 0 Å². The maximum absolute atomic E-state index is 12.5. The van der Waals surface area contributed by atoms with Gasteiger partial charge in [-0.3, -0.25) is 4.79 Å².